The molecule has 5 heteroatoms. The number of hydrogen-bond donors (Lipinski definition) is 2. The summed E-state index contributed by atoms with van der Waals surface area (Å²) in [7, 11) is 1.39. The molecule has 0 atom stereocenters. The summed E-state index contributed by atoms with van der Waals surface area (Å²) < 4.78 is 18.4. The smallest absolute Gasteiger partial charge is 0.228 e. The van der Waals surface area contributed by atoms with Crippen LogP contribution in [-0.2, 0) is 17.6 Å². The van der Waals surface area contributed by atoms with Gasteiger partial charge < -0.3 is 15.2 Å². The van der Waals surface area contributed by atoms with Gasteiger partial charge in [0, 0.05) is 12.3 Å². The van der Waals surface area contributed by atoms with E-state index in [0.29, 0.717) is 17.7 Å². The Labute approximate surface area is 128 Å². The highest BCUT2D eigenvalue weighted by Crippen LogP contribution is 2.18. The van der Waals surface area contributed by atoms with Crippen LogP contribution in [-0.4, -0.2) is 24.7 Å². The summed E-state index contributed by atoms with van der Waals surface area (Å²) in [5.74, 6) is -0.552. The third kappa shape index (κ3) is 4.30. The number of rotatable bonds is 6. The summed E-state index contributed by atoms with van der Waals surface area (Å²) in [5.41, 5.74) is 2.24. The molecule has 2 rings (SSSR count). The van der Waals surface area contributed by atoms with E-state index in [9.17, 15) is 9.18 Å². The number of carbonyl (C=O) groups is 1. The Hall–Kier alpha value is -2.40. The van der Waals surface area contributed by atoms with E-state index in [-0.39, 0.29) is 24.7 Å². The minimum atomic E-state index is -0.485. The molecule has 4 nitrogen and oxygen atoms in total. The van der Waals surface area contributed by atoms with Crippen LogP contribution in [0.25, 0.3) is 0 Å². The van der Waals surface area contributed by atoms with Gasteiger partial charge in [0.15, 0.2) is 11.6 Å². The van der Waals surface area contributed by atoms with Crippen LogP contribution in [0.1, 0.15) is 11.1 Å². The first kappa shape index (κ1) is 16.0. The molecule has 2 N–H and O–H groups in total. The molecule has 0 fully saturated rings. The van der Waals surface area contributed by atoms with Gasteiger partial charge >= 0.3 is 0 Å². The van der Waals surface area contributed by atoms with Crippen LogP contribution in [0.5, 0.6) is 5.75 Å². The second-order valence-electron chi connectivity index (χ2n) is 4.86. The average molecular weight is 303 g/mol. The monoisotopic (exact) mass is 303 g/mol. The van der Waals surface area contributed by atoms with Crippen molar-refractivity contribution in [1.82, 2.24) is 0 Å². The minimum absolute atomic E-state index is 0.0826. The van der Waals surface area contributed by atoms with E-state index in [1.165, 1.54) is 19.2 Å². The number of hydrogen-bond acceptors (Lipinski definition) is 3. The Bertz CT molecular complexity index is 641. The molecule has 0 saturated carbocycles. The lowest BCUT2D eigenvalue weighted by molar-refractivity contribution is -0.115. The Morgan fingerprint density at radius 2 is 1.86 bits per heavy atom. The highest BCUT2D eigenvalue weighted by Gasteiger charge is 2.08. The normalized spacial score (nSPS) is 10.3. The van der Waals surface area contributed by atoms with Crippen LogP contribution < -0.4 is 10.1 Å². The van der Waals surface area contributed by atoms with Crippen LogP contribution in [0.15, 0.2) is 42.5 Å². The molecule has 0 aromatic heterocycles. The maximum Gasteiger partial charge on any atom is 0.228 e. The molecule has 0 bridgehead atoms. The quantitative estimate of drug-likeness (QED) is 0.862. The van der Waals surface area contributed by atoms with Gasteiger partial charge in [-0.1, -0.05) is 18.2 Å². The summed E-state index contributed by atoms with van der Waals surface area (Å²) in [4.78, 5) is 12.0. The van der Waals surface area contributed by atoms with Crippen LogP contribution in [0.2, 0.25) is 0 Å². The fourth-order valence-electron chi connectivity index (χ4n) is 2.09. The van der Waals surface area contributed by atoms with Crippen molar-refractivity contribution in [2.24, 2.45) is 0 Å². The summed E-state index contributed by atoms with van der Waals surface area (Å²) in [6.45, 7) is 0.0920. The van der Waals surface area contributed by atoms with Gasteiger partial charge in [0.2, 0.25) is 5.91 Å². The molecular formula is C17H18FNO3. The first-order valence-corrected chi connectivity index (χ1v) is 6.94. The maximum absolute atomic E-state index is 13.6. The number of anilines is 1. The zero-order valence-electron chi connectivity index (χ0n) is 12.3. The van der Waals surface area contributed by atoms with E-state index in [1.807, 2.05) is 12.1 Å². The second kappa shape index (κ2) is 7.56. The van der Waals surface area contributed by atoms with Crippen molar-refractivity contribution < 1.29 is 19.0 Å². The molecular weight excluding hydrogens is 285 g/mol. The van der Waals surface area contributed by atoms with Gasteiger partial charge in [-0.2, -0.15) is 0 Å². The molecule has 0 heterocycles. The number of benzene rings is 2. The SMILES string of the molecule is COc1ccc(CC(=O)Nc2ccc(CCO)cc2)cc1F. The minimum Gasteiger partial charge on any atom is -0.494 e. The van der Waals surface area contributed by atoms with Crippen molar-refractivity contribution in [3.05, 3.63) is 59.4 Å². The first-order valence-electron chi connectivity index (χ1n) is 6.94. The van der Waals surface area contributed by atoms with Gasteiger partial charge in [-0.05, 0) is 41.8 Å². The highest BCUT2D eigenvalue weighted by atomic mass is 19.1. The van der Waals surface area contributed by atoms with Crippen LogP contribution in [0.3, 0.4) is 0 Å². The molecule has 0 aliphatic heterocycles. The number of amides is 1. The van der Waals surface area contributed by atoms with Gasteiger partial charge in [-0.15, -0.1) is 0 Å². The Kier molecular flexibility index (Phi) is 5.49. The standard InChI is InChI=1S/C17H18FNO3/c1-22-16-7-4-13(10-15(16)18)11-17(21)19-14-5-2-12(3-6-14)8-9-20/h2-7,10,20H,8-9,11H2,1H3,(H,19,21). The van der Waals surface area contributed by atoms with Crippen LogP contribution >= 0.6 is 0 Å². The number of ether oxygens (including phenoxy) is 1. The van der Waals surface area contributed by atoms with Gasteiger partial charge in [-0.3, -0.25) is 4.79 Å². The van der Waals surface area contributed by atoms with Crippen molar-refractivity contribution >= 4 is 11.6 Å². The fourth-order valence-corrected chi connectivity index (χ4v) is 2.09. The summed E-state index contributed by atoms with van der Waals surface area (Å²) in [5, 5.41) is 11.6. The molecule has 0 saturated heterocycles. The van der Waals surface area contributed by atoms with Crippen molar-refractivity contribution in [2.75, 3.05) is 19.0 Å². The average Bonchev–Trinajstić information content (AvgIpc) is 2.50. The molecule has 116 valence electrons. The Morgan fingerprint density at radius 3 is 2.45 bits per heavy atom. The van der Waals surface area contributed by atoms with Gasteiger partial charge in [0.1, 0.15) is 0 Å². The van der Waals surface area contributed by atoms with E-state index in [2.05, 4.69) is 5.32 Å². The van der Waals surface area contributed by atoms with Crippen LogP contribution in [0, 0.1) is 5.82 Å². The van der Waals surface area contributed by atoms with E-state index in [1.54, 1.807) is 18.2 Å². The predicted molar refractivity (Wildman–Crippen MR) is 82.5 cm³/mol. The largest absolute Gasteiger partial charge is 0.494 e. The first-order chi connectivity index (χ1) is 10.6. The maximum atomic E-state index is 13.6. The van der Waals surface area contributed by atoms with Gasteiger partial charge in [-0.25, -0.2) is 4.39 Å². The number of aliphatic hydroxyl groups excluding tert-OH is 1. The Balaban J connectivity index is 1.96. The second-order valence-corrected chi connectivity index (χ2v) is 4.86. The van der Waals surface area contributed by atoms with Crippen molar-refractivity contribution in [2.45, 2.75) is 12.8 Å². The number of nitrogens with one attached hydrogen (secondary N) is 1. The Morgan fingerprint density at radius 1 is 1.18 bits per heavy atom. The highest BCUT2D eigenvalue weighted by molar-refractivity contribution is 5.92. The fraction of sp³-hybridized carbons (Fsp3) is 0.235. The number of halogens is 1. The number of aliphatic hydroxyl groups is 1. The van der Waals surface area contributed by atoms with Crippen molar-refractivity contribution in [1.29, 1.82) is 0 Å². The molecule has 0 unspecified atom stereocenters. The lowest BCUT2D eigenvalue weighted by Crippen LogP contribution is -2.14. The molecule has 0 aliphatic carbocycles. The molecule has 0 radical (unpaired) electrons. The van der Waals surface area contributed by atoms with E-state index >= 15 is 0 Å². The summed E-state index contributed by atoms with van der Waals surface area (Å²) in [6.07, 6.45) is 0.665. The van der Waals surface area contributed by atoms with E-state index in [0.717, 1.165) is 5.56 Å². The molecule has 1 amide bonds. The lowest BCUT2D eigenvalue weighted by atomic mass is 10.1. The predicted octanol–water partition coefficient (Wildman–Crippen LogP) is 2.55. The summed E-state index contributed by atoms with van der Waals surface area (Å²) in [6, 6.07) is 11.7. The van der Waals surface area contributed by atoms with Gasteiger partial charge in [0.25, 0.3) is 0 Å². The zero-order valence-corrected chi connectivity index (χ0v) is 12.3. The van der Waals surface area contributed by atoms with Crippen molar-refractivity contribution in [3.8, 4) is 5.75 Å². The third-order valence-corrected chi connectivity index (χ3v) is 3.22. The zero-order chi connectivity index (χ0) is 15.9. The molecule has 2 aromatic carbocycles. The summed E-state index contributed by atoms with van der Waals surface area (Å²) >= 11 is 0. The molecule has 0 spiro atoms. The topological polar surface area (TPSA) is 58.6 Å². The van der Waals surface area contributed by atoms with Crippen LogP contribution in [0.4, 0.5) is 10.1 Å². The third-order valence-electron chi connectivity index (χ3n) is 3.22. The van der Waals surface area contributed by atoms with E-state index < -0.39 is 5.82 Å². The molecule has 0 aliphatic rings. The molecule has 22 heavy (non-hydrogen) atoms. The van der Waals surface area contributed by atoms with Crippen molar-refractivity contribution in [3.63, 3.8) is 0 Å². The number of carbonyl (C=O) groups excluding carboxylic acids is 1. The van der Waals surface area contributed by atoms with Gasteiger partial charge in [0.05, 0.1) is 13.5 Å². The number of methoxy groups -OCH3 is 1. The lowest BCUT2D eigenvalue weighted by Gasteiger charge is -2.07. The van der Waals surface area contributed by atoms with E-state index in [4.69, 9.17) is 9.84 Å². The molecule has 2 aromatic rings.